The van der Waals surface area contributed by atoms with E-state index in [1.54, 1.807) is 18.7 Å². The van der Waals surface area contributed by atoms with Crippen molar-refractivity contribution >= 4 is 23.7 Å². The molecule has 0 saturated heterocycles. The van der Waals surface area contributed by atoms with E-state index < -0.39 is 5.97 Å². The van der Waals surface area contributed by atoms with Crippen molar-refractivity contribution in [2.75, 3.05) is 25.7 Å². The van der Waals surface area contributed by atoms with Crippen molar-refractivity contribution < 1.29 is 19.1 Å². The van der Waals surface area contributed by atoms with Crippen LogP contribution in [0.5, 0.6) is 0 Å². The fourth-order valence-corrected chi connectivity index (χ4v) is 2.99. The van der Waals surface area contributed by atoms with Crippen molar-refractivity contribution in [3.05, 3.63) is 22.5 Å². The molecule has 1 rings (SSSR count). The van der Waals surface area contributed by atoms with E-state index in [9.17, 15) is 9.59 Å². The number of esters is 2. The monoisotopic (exact) mass is 313 g/mol. The number of allylic oxidation sites excluding steroid dienone is 2. The molecule has 1 aliphatic heterocycles. The summed E-state index contributed by atoms with van der Waals surface area (Å²) in [6, 6.07) is 0. The van der Waals surface area contributed by atoms with Crippen LogP contribution in [0.3, 0.4) is 0 Å². The first kappa shape index (κ1) is 17.6. The third kappa shape index (κ3) is 4.03. The van der Waals surface area contributed by atoms with Crippen molar-refractivity contribution in [3.63, 3.8) is 0 Å². The highest BCUT2D eigenvalue weighted by molar-refractivity contribution is 7.98. The zero-order valence-electron chi connectivity index (χ0n) is 13.2. The van der Waals surface area contributed by atoms with E-state index in [1.165, 1.54) is 7.11 Å². The molecule has 21 heavy (non-hydrogen) atoms. The minimum Gasteiger partial charge on any atom is -0.466 e. The predicted molar refractivity (Wildman–Crippen MR) is 83.7 cm³/mol. The largest absolute Gasteiger partial charge is 0.466 e. The van der Waals surface area contributed by atoms with E-state index in [0.717, 1.165) is 17.1 Å². The second kappa shape index (κ2) is 8.12. The Kier molecular flexibility index (Phi) is 6.81. The van der Waals surface area contributed by atoms with Crippen LogP contribution in [0.1, 0.15) is 27.2 Å². The molecule has 0 radical (unpaired) electrons. The Hall–Kier alpha value is -1.43. The van der Waals surface area contributed by atoms with E-state index in [2.05, 4.69) is 5.32 Å². The fraction of sp³-hybridized carbons (Fsp3) is 0.600. The molecule has 0 aromatic heterocycles. The first-order valence-electron chi connectivity index (χ1n) is 6.90. The lowest BCUT2D eigenvalue weighted by molar-refractivity contribution is -0.139. The summed E-state index contributed by atoms with van der Waals surface area (Å²) in [5.41, 5.74) is 2.51. The van der Waals surface area contributed by atoms with E-state index in [4.69, 9.17) is 9.47 Å². The molecule has 1 N–H and O–H groups in total. The zero-order valence-corrected chi connectivity index (χ0v) is 14.1. The lowest BCUT2D eigenvalue weighted by atomic mass is 9.83. The quantitative estimate of drug-likeness (QED) is 0.759. The number of methoxy groups -OCH3 is 1. The summed E-state index contributed by atoms with van der Waals surface area (Å²) in [5, 5.41) is 3.09. The molecular formula is C15H23NO4S. The average Bonchev–Trinajstić information content (AvgIpc) is 2.44. The number of carbonyl (C=O) groups excluding carboxylic acids is 2. The van der Waals surface area contributed by atoms with Crippen LogP contribution in [0.2, 0.25) is 0 Å². The number of thioether (sulfide) groups is 1. The number of rotatable bonds is 6. The van der Waals surface area contributed by atoms with E-state index in [1.807, 2.05) is 20.1 Å². The minimum absolute atomic E-state index is 0.287. The van der Waals surface area contributed by atoms with Gasteiger partial charge < -0.3 is 14.8 Å². The number of ether oxygens (including phenoxy) is 2. The van der Waals surface area contributed by atoms with Gasteiger partial charge in [0.1, 0.15) is 0 Å². The number of carbonyl (C=O) groups is 2. The van der Waals surface area contributed by atoms with Gasteiger partial charge in [0.2, 0.25) is 0 Å². The van der Waals surface area contributed by atoms with Crippen LogP contribution in [-0.4, -0.2) is 37.7 Å². The Balaban J connectivity index is 3.23. The van der Waals surface area contributed by atoms with Gasteiger partial charge in [0, 0.05) is 17.3 Å². The number of dihydropyridines is 1. The molecule has 0 bridgehead atoms. The Labute approximate surface area is 130 Å². The molecule has 0 aliphatic carbocycles. The molecule has 1 atom stereocenters. The normalized spacial score (nSPS) is 18.4. The van der Waals surface area contributed by atoms with Gasteiger partial charge in [-0.05, 0) is 39.2 Å². The van der Waals surface area contributed by atoms with Gasteiger partial charge in [-0.1, -0.05) is 0 Å². The molecule has 0 fully saturated rings. The maximum absolute atomic E-state index is 12.2. The predicted octanol–water partition coefficient (Wildman–Crippen LogP) is 2.24. The maximum Gasteiger partial charge on any atom is 0.336 e. The van der Waals surface area contributed by atoms with Gasteiger partial charge in [-0.25, -0.2) is 9.59 Å². The Morgan fingerprint density at radius 2 is 1.76 bits per heavy atom. The van der Waals surface area contributed by atoms with Crippen molar-refractivity contribution in [2.45, 2.75) is 27.2 Å². The van der Waals surface area contributed by atoms with Gasteiger partial charge in [-0.15, -0.1) is 0 Å². The molecule has 1 aliphatic rings. The van der Waals surface area contributed by atoms with Crippen molar-refractivity contribution in [2.24, 2.45) is 5.92 Å². The number of hydrogen-bond acceptors (Lipinski definition) is 6. The minimum atomic E-state index is -0.402. The molecule has 0 aromatic rings. The molecule has 0 aromatic carbocycles. The summed E-state index contributed by atoms with van der Waals surface area (Å²) >= 11 is 1.68. The third-order valence-corrected chi connectivity index (χ3v) is 4.04. The highest BCUT2D eigenvalue weighted by atomic mass is 32.2. The molecule has 5 nitrogen and oxygen atoms in total. The second-order valence-electron chi connectivity index (χ2n) is 4.75. The van der Waals surface area contributed by atoms with Crippen LogP contribution in [-0.2, 0) is 19.1 Å². The van der Waals surface area contributed by atoms with E-state index in [-0.39, 0.29) is 11.9 Å². The molecule has 118 valence electrons. The summed E-state index contributed by atoms with van der Waals surface area (Å²) < 4.78 is 10.0. The first-order chi connectivity index (χ1) is 9.97. The van der Waals surface area contributed by atoms with Crippen molar-refractivity contribution in [1.29, 1.82) is 0 Å². The lowest BCUT2D eigenvalue weighted by Crippen LogP contribution is -2.33. The lowest BCUT2D eigenvalue weighted by Gasteiger charge is -2.29. The van der Waals surface area contributed by atoms with Crippen LogP contribution >= 0.6 is 11.8 Å². The van der Waals surface area contributed by atoms with Crippen LogP contribution in [0.4, 0.5) is 0 Å². The molecule has 0 spiro atoms. The molecule has 6 heteroatoms. The topological polar surface area (TPSA) is 64.6 Å². The van der Waals surface area contributed by atoms with E-state index >= 15 is 0 Å². The molecule has 1 heterocycles. The second-order valence-corrected chi connectivity index (χ2v) is 5.73. The van der Waals surface area contributed by atoms with Gasteiger partial charge in [-0.2, -0.15) is 11.8 Å². The van der Waals surface area contributed by atoms with Crippen molar-refractivity contribution in [3.8, 4) is 0 Å². The van der Waals surface area contributed by atoms with Gasteiger partial charge in [-0.3, -0.25) is 0 Å². The standard InChI is InChI=1S/C15H23NO4S/c1-6-20-15(18)13-10(3)16-9(2)12(14(17)19-4)11(13)7-8-21-5/h11,16H,6-8H2,1-5H3. The number of hydrogen-bond donors (Lipinski definition) is 1. The van der Waals surface area contributed by atoms with Gasteiger partial charge in [0.15, 0.2) is 0 Å². The molecule has 0 saturated carbocycles. The molecular weight excluding hydrogens is 290 g/mol. The summed E-state index contributed by atoms with van der Waals surface area (Å²) in [6.45, 7) is 5.73. The molecule has 1 unspecified atom stereocenters. The Morgan fingerprint density at radius 3 is 2.24 bits per heavy atom. The van der Waals surface area contributed by atoms with Gasteiger partial charge in [0.25, 0.3) is 0 Å². The summed E-state index contributed by atoms with van der Waals surface area (Å²) in [5.74, 6) is -0.220. The first-order valence-corrected chi connectivity index (χ1v) is 8.30. The van der Waals surface area contributed by atoms with Crippen LogP contribution in [0.15, 0.2) is 22.5 Å². The van der Waals surface area contributed by atoms with Crippen LogP contribution in [0.25, 0.3) is 0 Å². The highest BCUT2D eigenvalue weighted by Gasteiger charge is 2.36. The van der Waals surface area contributed by atoms with Crippen molar-refractivity contribution in [1.82, 2.24) is 5.32 Å². The Bertz CT molecular complexity index is 482. The average molecular weight is 313 g/mol. The van der Waals surface area contributed by atoms with Gasteiger partial charge in [0.05, 0.1) is 24.9 Å². The zero-order chi connectivity index (χ0) is 16.0. The fourth-order valence-electron chi connectivity index (χ4n) is 2.52. The number of nitrogens with one attached hydrogen (secondary N) is 1. The Morgan fingerprint density at radius 1 is 1.19 bits per heavy atom. The smallest absolute Gasteiger partial charge is 0.336 e. The molecule has 0 amide bonds. The summed E-state index contributed by atoms with van der Waals surface area (Å²) in [4.78, 5) is 24.3. The van der Waals surface area contributed by atoms with E-state index in [0.29, 0.717) is 24.2 Å². The highest BCUT2D eigenvalue weighted by Crippen LogP contribution is 2.34. The van der Waals surface area contributed by atoms with Gasteiger partial charge >= 0.3 is 11.9 Å². The van der Waals surface area contributed by atoms with Crippen LogP contribution < -0.4 is 5.32 Å². The maximum atomic E-state index is 12.2. The summed E-state index contributed by atoms with van der Waals surface area (Å²) in [6.07, 6.45) is 2.69. The van der Waals surface area contributed by atoms with Crippen LogP contribution in [0, 0.1) is 5.92 Å². The SMILES string of the molecule is CCOC(=O)C1=C(C)NC(C)=C(C(=O)OC)C1CCSC. The summed E-state index contributed by atoms with van der Waals surface area (Å²) in [7, 11) is 1.35. The third-order valence-electron chi connectivity index (χ3n) is 3.39.